The van der Waals surface area contributed by atoms with Crippen LogP contribution in [0.1, 0.15) is 11.1 Å². The highest BCUT2D eigenvalue weighted by atomic mass is 79.9. The summed E-state index contributed by atoms with van der Waals surface area (Å²) in [5.41, 5.74) is 6.73. The van der Waals surface area contributed by atoms with E-state index in [1.54, 1.807) is 6.07 Å². The summed E-state index contributed by atoms with van der Waals surface area (Å²) in [5.74, 6) is -0.365. The largest absolute Gasteiger partial charge is 0.489 e. The Balaban J connectivity index is 2.10. The summed E-state index contributed by atoms with van der Waals surface area (Å²) in [5, 5.41) is 0. The molecule has 5 heteroatoms. The van der Waals surface area contributed by atoms with Gasteiger partial charge in [0.2, 0.25) is 0 Å². The summed E-state index contributed by atoms with van der Waals surface area (Å²) >= 11 is 3.43. The van der Waals surface area contributed by atoms with Gasteiger partial charge in [-0.15, -0.1) is 0 Å². The molecule has 2 aromatic rings. The zero-order chi connectivity index (χ0) is 14.5. The Labute approximate surface area is 124 Å². The minimum Gasteiger partial charge on any atom is -0.489 e. The fourth-order valence-corrected chi connectivity index (χ4v) is 2.25. The molecule has 0 heterocycles. The monoisotopic (exact) mass is 341 g/mol. The highest BCUT2D eigenvalue weighted by Crippen LogP contribution is 2.24. The van der Waals surface area contributed by atoms with E-state index in [-0.39, 0.29) is 12.2 Å². The summed E-state index contributed by atoms with van der Waals surface area (Å²) < 4.78 is 33.0. The number of rotatable bonds is 5. The number of benzene rings is 2. The minimum absolute atomic E-state index is 0.0205. The van der Waals surface area contributed by atoms with Gasteiger partial charge in [-0.2, -0.15) is 0 Å². The molecule has 0 bridgehead atoms. The fraction of sp³-hybridized carbons (Fsp3) is 0.200. The molecule has 0 saturated heterocycles. The van der Waals surface area contributed by atoms with E-state index in [0.717, 1.165) is 28.2 Å². The van der Waals surface area contributed by atoms with Crippen molar-refractivity contribution in [2.45, 2.75) is 13.0 Å². The van der Waals surface area contributed by atoms with Gasteiger partial charge in [0.15, 0.2) is 0 Å². The van der Waals surface area contributed by atoms with Gasteiger partial charge in [0, 0.05) is 10.0 Å². The van der Waals surface area contributed by atoms with E-state index in [0.29, 0.717) is 18.7 Å². The number of ether oxygens (including phenoxy) is 1. The third-order valence-electron chi connectivity index (χ3n) is 2.83. The molecule has 2 nitrogen and oxygen atoms in total. The van der Waals surface area contributed by atoms with Crippen LogP contribution in [-0.2, 0) is 13.0 Å². The van der Waals surface area contributed by atoms with Crippen molar-refractivity contribution in [2.24, 2.45) is 5.73 Å². The molecule has 0 aromatic heterocycles. The number of halogens is 3. The second-order valence-electron chi connectivity index (χ2n) is 4.32. The zero-order valence-corrected chi connectivity index (χ0v) is 12.3. The van der Waals surface area contributed by atoms with Crippen LogP contribution in [-0.4, -0.2) is 6.54 Å². The molecule has 2 aromatic carbocycles. The van der Waals surface area contributed by atoms with E-state index in [2.05, 4.69) is 15.9 Å². The Morgan fingerprint density at radius 2 is 1.85 bits per heavy atom. The maximum Gasteiger partial charge on any atom is 0.130 e. The average molecular weight is 342 g/mol. The van der Waals surface area contributed by atoms with Crippen LogP contribution in [0.5, 0.6) is 5.75 Å². The lowest BCUT2D eigenvalue weighted by Crippen LogP contribution is -2.04. The molecule has 106 valence electrons. The lowest BCUT2D eigenvalue weighted by molar-refractivity contribution is 0.298. The highest BCUT2D eigenvalue weighted by molar-refractivity contribution is 9.10. The summed E-state index contributed by atoms with van der Waals surface area (Å²) in [6, 6.07) is 8.76. The molecule has 0 atom stereocenters. The minimum atomic E-state index is -0.482. The van der Waals surface area contributed by atoms with Crippen molar-refractivity contribution in [1.29, 1.82) is 0 Å². The molecule has 0 radical (unpaired) electrons. The highest BCUT2D eigenvalue weighted by Gasteiger charge is 2.06. The fourth-order valence-electron chi connectivity index (χ4n) is 1.80. The Morgan fingerprint density at radius 1 is 1.05 bits per heavy atom. The molecular formula is C15H14BrF2NO. The number of nitrogens with two attached hydrogens (primary N) is 1. The predicted molar refractivity (Wildman–Crippen MR) is 77.6 cm³/mol. The number of hydrogen-bond donors (Lipinski definition) is 1. The SMILES string of the molecule is NCCc1cc(OCc2cc(F)ccc2F)ccc1Br. The van der Waals surface area contributed by atoms with Crippen molar-refractivity contribution < 1.29 is 13.5 Å². The van der Waals surface area contributed by atoms with Gasteiger partial charge in [-0.3, -0.25) is 0 Å². The molecule has 0 spiro atoms. The summed E-state index contributed by atoms with van der Waals surface area (Å²) in [6.45, 7) is 0.508. The second-order valence-corrected chi connectivity index (χ2v) is 5.17. The second kappa shape index (κ2) is 6.81. The zero-order valence-electron chi connectivity index (χ0n) is 10.7. The lowest BCUT2D eigenvalue weighted by atomic mass is 10.1. The first kappa shape index (κ1) is 14.9. The maximum absolute atomic E-state index is 13.5. The first-order valence-electron chi connectivity index (χ1n) is 6.15. The lowest BCUT2D eigenvalue weighted by Gasteiger charge is -2.10. The van der Waals surface area contributed by atoms with Crippen molar-refractivity contribution in [1.82, 2.24) is 0 Å². The standard InChI is InChI=1S/C15H14BrF2NO/c16-14-3-2-13(8-10(14)5-6-19)20-9-11-7-12(17)1-4-15(11)18/h1-4,7-8H,5-6,9,19H2. The van der Waals surface area contributed by atoms with Crippen LogP contribution >= 0.6 is 15.9 Å². The van der Waals surface area contributed by atoms with Crippen LogP contribution in [0.25, 0.3) is 0 Å². The van der Waals surface area contributed by atoms with Crippen molar-refractivity contribution in [3.05, 3.63) is 63.6 Å². The Hall–Kier alpha value is -1.46. The quantitative estimate of drug-likeness (QED) is 0.897. The van der Waals surface area contributed by atoms with E-state index >= 15 is 0 Å². The first-order chi connectivity index (χ1) is 9.60. The molecule has 0 amide bonds. The molecule has 20 heavy (non-hydrogen) atoms. The van der Waals surface area contributed by atoms with Crippen LogP contribution in [0.15, 0.2) is 40.9 Å². The molecule has 0 fully saturated rings. The average Bonchev–Trinajstić information content (AvgIpc) is 2.43. The first-order valence-corrected chi connectivity index (χ1v) is 6.94. The van der Waals surface area contributed by atoms with Crippen molar-refractivity contribution >= 4 is 15.9 Å². The van der Waals surface area contributed by atoms with Gasteiger partial charge in [-0.25, -0.2) is 8.78 Å². The number of hydrogen-bond acceptors (Lipinski definition) is 2. The molecule has 2 rings (SSSR count). The van der Waals surface area contributed by atoms with E-state index in [1.807, 2.05) is 12.1 Å². The van der Waals surface area contributed by atoms with E-state index in [4.69, 9.17) is 10.5 Å². The van der Waals surface area contributed by atoms with Gasteiger partial charge in [0.05, 0.1) is 0 Å². The van der Waals surface area contributed by atoms with E-state index < -0.39 is 11.6 Å². The van der Waals surface area contributed by atoms with E-state index in [1.165, 1.54) is 0 Å². The molecule has 0 unspecified atom stereocenters. The topological polar surface area (TPSA) is 35.2 Å². The Morgan fingerprint density at radius 3 is 2.60 bits per heavy atom. The van der Waals surface area contributed by atoms with Crippen LogP contribution in [0.2, 0.25) is 0 Å². The summed E-state index contributed by atoms with van der Waals surface area (Å²) in [7, 11) is 0. The van der Waals surface area contributed by atoms with Gasteiger partial charge in [-0.1, -0.05) is 15.9 Å². The predicted octanol–water partition coefficient (Wildman–Crippen LogP) is 3.81. The molecule has 0 aliphatic carbocycles. The Bertz CT molecular complexity index is 604. The molecular weight excluding hydrogens is 328 g/mol. The third kappa shape index (κ3) is 3.77. The molecule has 0 saturated carbocycles. The summed E-state index contributed by atoms with van der Waals surface area (Å²) in [4.78, 5) is 0. The molecule has 0 aliphatic rings. The van der Waals surface area contributed by atoms with Crippen molar-refractivity contribution in [3.8, 4) is 5.75 Å². The molecule has 0 aliphatic heterocycles. The van der Waals surface area contributed by atoms with Gasteiger partial charge in [-0.05, 0) is 54.9 Å². The third-order valence-corrected chi connectivity index (χ3v) is 3.61. The van der Waals surface area contributed by atoms with Crippen LogP contribution in [0.3, 0.4) is 0 Å². The van der Waals surface area contributed by atoms with Crippen LogP contribution in [0, 0.1) is 11.6 Å². The van der Waals surface area contributed by atoms with Gasteiger partial charge in [0.1, 0.15) is 24.0 Å². The molecule has 2 N–H and O–H groups in total. The van der Waals surface area contributed by atoms with Gasteiger partial charge in [0.25, 0.3) is 0 Å². The van der Waals surface area contributed by atoms with Crippen LogP contribution in [0.4, 0.5) is 8.78 Å². The van der Waals surface area contributed by atoms with Crippen molar-refractivity contribution in [2.75, 3.05) is 6.54 Å². The van der Waals surface area contributed by atoms with E-state index in [9.17, 15) is 8.78 Å². The van der Waals surface area contributed by atoms with Crippen molar-refractivity contribution in [3.63, 3.8) is 0 Å². The Kier molecular flexibility index (Phi) is 5.09. The maximum atomic E-state index is 13.5. The smallest absolute Gasteiger partial charge is 0.130 e. The van der Waals surface area contributed by atoms with Gasteiger partial charge < -0.3 is 10.5 Å². The summed E-state index contributed by atoms with van der Waals surface area (Å²) in [6.07, 6.45) is 0.714. The van der Waals surface area contributed by atoms with Crippen LogP contribution < -0.4 is 10.5 Å². The normalized spacial score (nSPS) is 10.6. The van der Waals surface area contributed by atoms with Gasteiger partial charge >= 0.3 is 0 Å².